The molecule has 4 N–H and O–H groups in total. The monoisotopic (exact) mass is 1180 g/mol. The molecule has 0 bridgehead atoms. The van der Waals surface area contributed by atoms with Gasteiger partial charge in [-0.05, 0) is 142 Å². The van der Waals surface area contributed by atoms with E-state index in [1.807, 2.05) is 222 Å². The summed E-state index contributed by atoms with van der Waals surface area (Å²) in [5.41, 5.74) is 4.94. The molecule has 0 radical (unpaired) electrons. The molecule has 0 spiro atoms. The summed E-state index contributed by atoms with van der Waals surface area (Å²) in [5, 5.41) is 46.2. The number of rotatable bonds is 19. The number of hydrogen-bond acceptors (Lipinski definition) is 12. The van der Waals surface area contributed by atoms with Gasteiger partial charge < -0.3 is 39.4 Å². The quantitative estimate of drug-likeness (QED) is 0.0515. The minimum absolute atomic E-state index is 0.0767. The lowest BCUT2D eigenvalue weighted by atomic mass is 9.78. The zero-order valence-corrected chi connectivity index (χ0v) is 56.8. The van der Waals surface area contributed by atoms with Crippen LogP contribution < -0.4 is 0 Å². The highest BCUT2D eigenvalue weighted by Gasteiger charge is 2.54. The van der Waals surface area contributed by atoms with Crippen molar-refractivity contribution in [2.24, 2.45) is 0 Å². The summed E-state index contributed by atoms with van der Waals surface area (Å²) in [7, 11) is 0. The van der Waals surface area contributed by atoms with Gasteiger partial charge in [-0.1, -0.05) is 228 Å². The number of carbonyl (C=O) groups excluding carboxylic acids is 4. The highest BCUT2D eigenvalue weighted by atomic mass is 16.9. The Balaban J connectivity index is 1.94. The van der Waals surface area contributed by atoms with E-state index in [0.717, 1.165) is 33.4 Å². The molecular weight excluding hydrogens is 1070 g/mol. The number of phenols is 4. The molecule has 0 aromatic heterocycles. The van der Waals surface area contributed by atoms with Crippen LogP contribution in [0.3, 0.4) is 0 Å². The number of ether oxygens (including phenoxy) is 4. The number of hydrogen-bond donors (Lipinski definition) is 4. The summed E-state index contributed by atoms with van der Waals surface area (Å²) >= 11 is 0. The first-order valence-electron chi connectivity index (χ1n) is 30.7. The molecule has 0 saturated heterocycles. The Labute approximate surface area is 511 Å². The maximum Gasteiger partial charge on any atom is 0.463 e. The van der Waals surface area contributed by atoms with Crippen LogP contribution in [0.2, 0.25) is 0 Å². The average molecular weight is 1180 g/mol. The molecule has 0 amide bonds. The van der Waals surface area contributed by atoms with Crippen LogP contribution in [0.5, 0.6) is 23.0 Å². The molecule has 0 fully saturated rings. The Hall–Kier alpha value is -6.04. The van der Waals surface area contributed by atoms with Crippen LogP contribution in [0.4, 0.5) is 0 Å². The highest BCUT2D eigenvalue weighted by Crippen LogP contribution is 2.45. The third-order valence-corrected chi connectivity index (χ3v) is 15.6. The average Bonchev–Trinajstić information content (AvgIpc) is 2.54. The van der Waals surface area contributed by atoms with Gasteiger partial charge in [-0.15, -0.1) is 0 Å². The molecule has 0 heterocycles. The van der Waals surface area contributed by atoms with Crippen LogP contribution in [0.1, 0.15) is 278 Å². The van der Waals surface area contributed by atoms with E-state index in [0.29, 0.717) is 39.8 Å². The summed E-state index contributed by atoms with van der Waals surface area (Å²) in [6, 6.07) is 15.0. The highest BCUT2D eigenvalue weighted by molar-refractivity contribution is 5.76. The summed E-state index contributed by atoms with van der Waals surface area (Å²) in [5.74, 6) is -5.70. The van der Waals surface area contributed by atoms with Gasteiger partial charge in [0.05, 0.1) is 0 Å². The smallest absolute Gasteiger partial charge is 0.463 e. The molecule has 4 rings (SSSR count). The second kappa shape index (κ2) is 26.1. The topological polar surface area (TPSA) is 186 Å². The van der Waals surface area contributed by atoms with Crippen LogP contribution in [0, 0.1) is 0 Å². The van der Waals surface area contributed by atoms with Crippen molar-refractivity contribution in [2.75, 3.05) is 0 Å². The van der Waals surface area contributed by atoms with Crippen LogP contribution >= 0.6 is 0 Å². The number of aromatic hydroxyl groups is 4. The Morgan fingerprint density at radius 2 is 0.506 bits per heavy atom. The maximum atomic E-state index is 14.9. The third-order valence-electron chi connectivity index (χ3n) is 15.6. The number of benzene rings is 4. The number of phenolic OH excluding ortho intramolecular Hbond substituents is 4. The lowest BCUT2D eigenvalue weighted by molar-refractivity contribution is -0.365. The van der Waals surface area contributed by atoms with E-state index in [9.17, 15) is 39.6 Å². The lowest BCUT2D eigenvalue weighted by Gasteiger charge is -2.36. The predicted molar refractivity (Wildman–Crippen MR) is 341 cm³/mol. The molecule has 12 nitrogen and oxygen atoms in total. The third kappa shape index (κ3) is 19.0. The SMILES string of the molecule is CCCC(OC(=O)CCc1cc(C(C)(C)C)c(O)c(C(C)(C)C)c1)C(OC(=O)CCc1cc(C(C)(C)C)c(O)c(C(C)(C)C)c1)(OC(=O)CCc1cc(C(C)(C)C)c(O)c(C(C)(C)C)c1)OC(=O)CCc1cc(C(C)(C)C)c(O)c(C(C)(C)C)c1. The molecular formula is C73H108O12. The van der Waals surface area contributed by atoms with Gasteiger partial charge in [-0.25, -0.2) is 0 Å². The van der Waals surface area contributed by atoms with E-state index in [2.05, 4.69) is 0 Å². The molecule has 12 heteroatoms. The fraction of sp³-hybridized carbons (Fsp3) is 0.616. The zero-order chi connectivity index (χ0) is 65.2. The summed E-state index contributed by atoms with van der Waals surface area (Å²) in [6.45, 7) is 49.9. The minimum atomic E-state index is -2.93. The second-order valence-corrected chi connectivity index (χ2v) is 32.0. The van der Waals surface area contributed by atoms with E-state index < -0.39 is 79.3 Å². The van der Waals surface area contributed by atoms with Gasteiger partial charge in [0.1, 0.15) is 23.0 Å². The first-order chi connectivity index (χ1) is 38.4. The minimum Gasteiger partial charge on any atom is -0.507 e. The maximum absolute atomic E-state index is 14.9. The van der Waals surface area contributed by atoms with Crippen LogP contribution in [-0.2, 0) is 107 Å². The summed E-state index contributed by atoms with van der Waals surface area (Å²) in [6.07, 6.45) is -1.99. The van der Waals surface area contributed by atoms with Gasteiger partial charge in [0.15, 0.2) is 0 Å². The van der Waals surface area contributed by atoms with Crippen molar-refractivity contribution >= 4 is 23.9 Å². The van der Waals surface area contributed by atoms with Gasteiger partial charge in [-0.3, -0.25) is 19.2 Å². The standard InChI is InChI=1S/C73H108O12/c1-26-27-56(82-57(74)32-28-44-36-48(65(2,3)4)61(78)49(37-44)66(5,6)7)73(83-58(75)33-29-45-38-50(67(8,9)10)62(79)51(39-45)68(11,12)13,84-59(76)34-30-46-40-52(69(14,15)16)63(80)53(41-46)70(17,18)19)85-60(77)35-31-47-42-54(71(20,21)22)64(81)55(43-47)72(23,24)25/h36-43,56,78-81H,26-35H2,1-25H3. The Bertz CT molecular complexity index is 2660. The van der Waals surface area contributed by atoms with E-state index in [1.165, 1.54) is 0 Å². The lowest BCUT2D eigenvalue weighted by Crippen LogP contribution is -2.55. The fourth-order valence-corrected chi connectivity index (χ4v) is 10.6. The first kappa shape index (κ1) is 71.4. The van der Waals surface area contributed by atoms with E-state index in [-0.39, 0.29) is 80.8 Å². The first-order valence-corrected chi connectivity index (χ1v) is 30.7. The van der Waals surface area contributed by atoms with Crippen molar-refractivity contribution in [2.45, 2.75) is 293 Å². The van der Waals surface area contributed by atoms with Crippen LogP contribution in [-0.4, -0.2) is 56.4 Å². The summed E-state index contributed by atoms with van der Waals surface area (Å²) < 4.78 is 25.4. The van der Waals surface area contributed by atoms with Crippen molar-refractivity contribution in [1.29, 1.82) is 0 Å². The normalized spacial score (nSPS) is 13.6. The van der Waals surface area contributed by atoms with Crippen molar-refractivity contribution in [3.05, 3.63) is 115 Å². The molecule has 85 heavy (non-hydrogen) atoms. The van der Waals surface area contributed by atoms with Crippen molar-refractivity contribution in [3.8, 4) is 23.0 Å². The van der Waals surface area contributed by atoms with E-state index >= 15 is 0 Å². The van der Waals surface area contributed by atoms with Crippen LogP contribution in [0.25, 0.3) is 0 Å². The van der Waals surface area contributed by atoms with Gasteiger partial charge in [0, 0.05) is 25.7 Å². The molecule has 0 saturated carbocycles. The number of carbonyl (C=O) groups is 4. The molecule has 0 aliphatic rings. The molecule has 4 aromatic rings. The van der Waals surface area contributed by atoms with E-state index in [4.69, 9.17) is 18.9 Å². The Morgan fingerprint density at radius 1 is 0.329 bits per heavy atom. The zero-order valence-electron chi connectivity index (χ0n) is 56.8. The van der Waals surface area contributed by atoms with Gasteiger partial charge in [-0.2, -0.15) is 0 Å². The molecule has 1 atom stereocenters. The predicted octanol–water partition coefficient (Wildman–Crippen LogP) is 16.7. The van der Waals surface area contributed by atoms with Crippen molar-refractivity contribution in [3.63, 3.8) is 0 Å². The van der Waals surface area contributed by atoms with Crippen molar-refractivity contribution < 1.29 is 58.6 Å². The molecule has 1 unspecified atom stereocenters. The number of esters is 4. The molecule has 0 aliphatic carbocycles. The van der Waals surface area contributed by atoms with Gasteiger partial charge >= 0.3 is 29.9 Å². The van der Waals surface area contributed by atoms with Gasteiger partial charge in [0.25, 0.3) is 0 Å². The fourth-order valence-electron chi connectivity index (χ4n) is 10.6. The molecule has 472 valence electrons. The second-order valence-electron chi connectivity index (χ2n) is 32.0. The van der Waals surface area contributed by atoms with Gasteiger partial charge in [0.2, 0.25) is 6.10 Å². The Morgan fingerprint density at radius 3 is 0.671 bits per heavy atom. The number of aryl methyl sites for hydroxylation is 4. The molecule has 4 aromatic carbocycles. The van der Waals surface area contributed by atoms with Crippen LogP contribution in [0.15, 0.2) is 48.5 Å². The van der Waals surface area contributed by atoms with Crippen molar-refractivity contribution in [1.82, 2.24) is 0 Å². The largest absolute Gasteiger partial charge is 0.507 e. The molecule has 0 aliphatic heterocycles. The van der Waals surface area contributed by atoms with E-state index in [1.54, 1.807) is 0 Å². The summed E-state index contributed by atoms with van der Waals surface area (Å²) in [4.78, 5) is 59.2. The Kier molecular flexibility index (Phi) is 22.0.